The summed E-state index contributed by atoms with van der Waals surface area (Å²) in [7, 11) is 0. The van der Waals surface area contributed by atoms with Crippen molar-refractivity contribution in [2.75, 3.05) is 4.90 Å². The van der Waals surface area contributed by atoms with E-state index >= 15 is 0 Å². The summed E-state index contributed by atoms with van der Waals surface area (Å²) in [6.07, 6.45) is -4.88. The molecule has 0 bridgehead atoms. The van der Waals surface area contributed by atoms with E-state index in [1.54, 1.807) is 30.3 Å². The molecule has 1 atom stereocenters. The van der Waals surface area contributed by atoms with Crippen LogP contribution < -0.4 is 9.64 Å². The molecular weight excluding hydrogens is 439 g/mol. The van der Waals surface area contributed by atoms with Crippen molar-refractivity contribution in [2.24, 2.45) is 0 Å². The quantitative estimate of drug-likeness (QED) is 0.331. The van der Waals surface area contributed by atoms with Gasteiger partial charge in [-0.1, -0.05) is 42.5 Å². The zero-order chi connectivity index (χ0) is 23.8. The highest BCUT2D eigenvalue weighted by Crippen LogP contribution is 2.42. The topological polar surface area (TPSA) is 87.1 Å². The molecule has 1 unspecified atom stereocenters. The molecule has 1 aliphatic heterocycles. The van der Waals surface area contributed by atoms with Gasteiger partial charge in [-0.2, -0.15) is 0 Å². The van der Waals surface area contributed by atoms with Gasteiger partial charge in [0.05, 0.1) is 11.6 Å². The molecule has 0 aliphatic carbocycles. The van der Waals surface area contributed by atoms with E-state index in [2.05, 4.69) is 4.74 Å². The Morgan fingerprint density at radius 1 is 0.879 bits per heavy atom. The first-order valence-electron chi connectivity index (χ1n) is 9.67. The molecule has 2 N–H and O–H groups in total. The van der Waals surface area contributed by atoms with Gasteiger partial charge in [0.15, 0.2) is 0 Å². The maximum Gasteiger partial charge on any atom is 0.573 e. The van der Waals surface area contributed by atoms with E-state index in [9.17, 15) is 33.0 Å². The number of alkyl halides is 3. The van der Waals surface area contributed by atoms with Crippen molar-refractivity contribution >= 4 is 23.1 Å². The van der Waals surface area contributed by atoms with Crippen molar-refractivity contribution in [3.63, 3.8) is 0 Å². The number of Topliss-reactive ketones (excluding diaryl/α,β-unsaturated/α-hetero) is 1. The highest BCUT2D eigenvalue weighted by atomic mass is 19.4. The maximum atomic E-state index is 13.0. The fourth-order valence-corrected chi connectivity index (χ4v) is 3.63. The van der Waals surface area contributed by atoms with Gasteiger partial charge in [-0.25, -0.2) is 0 Å². The van der Waals surface area contributed by atoms with E-state index in [0.29, 0.717) is 11.1 Å². The molecule has 168 valence electrons. The molecule has 0 aromatic heterocycles. The first-order valence-corrected chi connectivity index (χ1v) is 9.67. The summed E-state index contributed by atoms with van der Waals surface area (Å²) >= 11 is 0. The molecular formula is C24H16F3NO5. The van der Waals surface area contributed by atoms with Gasteiger partial charge >= 0.3 is 6.36 Å². The van der Waals surface area contributed by atoms with Crippen LogP contribution in [-0.4, -0.2) is 28.3 Å². The second-order valence-corrected chi connectivity index (χ2v) is 7.17. The number of carbonyl (C=O) groups excluding carboxylic acids is 2. The number of amides is 1. The van der Waals surface area contributed by atoms with E-state index < -0.39 is 35.6 Å². The van der Waals surface area contributed by atoms with Gasteiger partial charge in [0.1, 0.15) is 17.3 Å². The minimum Gasteiger partial charge on any atom is -0.508 e. The summed E-state index contributed by atoms with van der Waals surface area (Å²) in [6.45, 7) is 0. The van der Waals surface area contributed by atoms with E-state index in [1.165, 1.54) is 36.4 Å². The number of aliphatic hydroxyl groups is 1. The lowest BCUT2D eigenvalue weighted by Crippen LogP contribution is -2.29. The Labute approximate surface area is 185 Å². The standard InChI is InChI=1S/C24H16F3NO5/c25-24(26,27)33-18-12-8-16(9-13-18)28-20(14-6-10-17(29)11-7-14)19(22(31)23(28)32)21(30)15-4-2-1-3-5-15/h1-13,20,29-30H/b21-19+. The van der Waals surface area contributed by atoms with Crippen LogP contribution in [-0.2, 0) is 9.59 Å². The molecule has 0 radical (unpaired) electrons. The minimum atomic E-state index is -4.88. The number of aromatic hydroxyl groups is 1. The molecule has 6 nitrogen and oxygen atoms in total. The summed E-state index contributed by atoms with van der Waals surface area (Å²) in [6, 6.07) is 17.2. The molecule has 1 fully saturated rings. The van der Waals surface area contributed by atoms with Crippen molar-refractivity contribution in [1.29, 1.82) is 0 Å². The number of benzene rings is 3. The SMILES string of the molecule is O=C1C(=O)N(c2ccc(OC(F)(F)F)cc2)C(c2ccc(O)cc2)/C1=C(\O)c1ccccc1. The normalized spacial score (nSPS) is 17.9. The van der Waals surface area contributed by atoms with Gasteiger partial charge in [-0.3, -0.25) is 14.5 Å². The Bertz CT molecular complexity index is 1220. The number of phenolic OH excluding ortho intramolecular Hbond substituents is 1. The number of anilines is 1. The minimum absolute atomic E-state index is 0.0487. The summed E-state index contributed by atoms with van der Waals surface area (Å²) in [4.78, 5) is 27.0. The third-order valence-electron chi connectivity index (χ3n) is 5.05. The third-order valence-corrected chi connectivity index (χ3v) is 5.05. The number of carbonyl (C=O) groups is 2. The van der Waals surface area contributed by atoms with Crippen LogP contribution in [0.5, 0.6) is 11.5 Å². The van der Waals surface area contributed by atoms with E-state index in [1.807, 2.05) is 0 Å². The lowest BCUT2D eigenvalue weighted by atomic mass is 9.95. The van der Waals surface area contributed by atoms with Crippen molar-refractivity contribution in [1.82, 2.24) is 0 Å². The Kier molecular flexibility index (Phi) is 5.55. The Morgan fingerprint density at radius 2 is 1.48 bits per heavy atom. The lowest BCUT2D eigenvalue weighted by Gasteiger charge is -2.25. The van der Waals surface area contributed by atoms with Crippen molar-refractivity contribution in [3.05, 3.63) is 95.6 Å². The van der Waals surface area contributed by atoms with Crippen LogP contribution in [0.15, 0.2) is 84.4 Å². The second-order valence-electron chi connectivity index (χ2n) is 7.17. The monoisotopic (exact) mass is 455 g/mol. The zero-order valence-corrected chi connectivity index (χ0v) is 16.8. The second kappa shape index (κ2) is 8.34. The smallest absolute Gasteiger partial charge is 0.508 e. The first-order chi connectivity index (χ1) is 15.7. The maximum absolute atomic E-state index is 13.0. The number of ether oxygens (including phenoxy) is 1. The molecule has 3 aromatic carbocycles. The summed E-state index contributed by atoms with van der Waals surface area (Å²) in [5.74, 6) is -2.85. The molecule has 9 heteroatoms. The fraction of sp³-hybridized carbons (Fsp3) is 0.0833. The number of hydrogen-bond donors (Lipinski definition) is 2. The van der Waals surface area contributed by atoms with Crippen LogP contribution in [0.2, 0.25) is 0 Å². The van der Waals surface area contributed by atoms with Gasteiger partial charge in [0.25, 0.3) is 11.7 Å². The zero-order valence-electron chi connectivity index (χ0n) is 16.8. The third kappa shape index (κ3) is 4.38. The van der Waals surface area contributed by atoms with Gasteiger partial charge in [-0.05, 0) is 42.0 Å². The first kappa shape index (κ1) is 21.9. The number of halogens is 3. The number of aliphatic hydroxyl groups excluding tert-OH is 1. The molecule has 0 saturated carbocycles. The predicted octanol–water partition coefficient (Wildman–Crippen LogP) is 4.92. The molecule has 3 aromatic rings. The van der Waals surface area contributed by atoms with Gasteiger partial charge < -0.3 is 14.9 Å². The van der Waals surface area contributed by atoms with Crippen LogP contribution in [0.4, 0.5) is 18.9 Å². The van der Waals surface area contributed by atoms with E-state index in [-0.39, 0.29) is 17.0 Å². The van der Waals surface area contributed by atoms with Gasteiger partial charge in [-0.15, -0.1) is 13.2 Å². The molecule has 4 rings (SSSR count). The van der Waals surface area contributed by atoms with Crippen LogP contribution >= 0.6 is 0 Å². The van der Waals surface area contributed by atoms with Crippen molar-refractivity contribution in [3.8, 4) is 11.5 Å². The number of rotatable bonds is 4. The summed E-state index contributed by atoms with van der Waals surface area (Å²) < 4.78 is 41.3. The largest absolute Gasteiger partial charge is 0.573 e. The Morgan fingerprint density at radius 3 is 2.06 bits per heavy atom. The summed E-state index contributed by atoms with van der Waals surface area (Å²) in [5.41, 5.74) is 0.651. The molecule has 1 aliphatic rings. The highest BCUT2D eigenvalue weighted by molar-refractivity contribution is 6.51. The molecule has 0 spiro atoms. The van der Waals surface area contributed by atoms with Crippen LogP contribution in [0.25, 0.3) is 5.76 Å². The molecule has 1 saturated heterocycles. The van der Waals surface area contributed by atoms with Gasteiger partial charge in [0.2, 0.25) is 0 Å². The number of ketones is 1. The Balaban J connectivity index is 1.84. The van der Waals surface area contributed by atoms with Crippen LogP contribution in [0.1, 0.15) is 17.2 Å². The molecule has 1 amide bonds. The summed E-state index contributed by atoms with van der Waals surface area (Å²) in [5, 5.41) is 20.6. The average molecular weight is 455 g/mol. The fourth-order valence-electron chi connectivity index (χ4n) is 3.63. The molecule has 1 heterocycles. The molecule has 33 heavy (non-hydrogen) atoms. The van der Waals surface area contributed by atoms with Gasteiger partial charge in [0, 0.05) is 11.3 Å². The Hall–Kier alpha value is -4.27. The number of nitrogens with zero attached hydrogens (tertiary/aromatic N) is 1. The van der Waals surface area contributed by atoms with Crippen LogP contribution in [0, 0.1) is 0 Å². The van der Waals surface area contributed by atoms with E-state index in [4.69, 9.17) is 0 Å². The van der Waals surface area contributed by atoms with Crippen molar-refractivity contribution in [2.45, 2.75) is 12.4 Å². The van der Waals surface area contributed by atoms with Crippen molar-refractivity contribution < 1.29 is 37.7 Å². The highest BCUT2D eigenvalue weighted by Gasteiger charge is 2.47. The lowest BCUT2D eigenvalue weighted by molar-refractivity contribution is -0.274. The predicted molar refractivity (Wildman–Crippen MR) is 112 cm³/mol. The number of phenols is 1. The average Bonchev–Trinajstić information content (AvgIpc) is 3.04. The van der Waals surface area contributed by atoms with E-state index in [0.717, 1.165) is 17.0 Å². The van der Waals surface area contributed by atoms with Crippen LogP contribution in [0.3, 0.4) is 0 Å². The number of hydrogen-bond acceptors (Lipinski definition) is 5.